The first-order valence-corrected chi connectivity index (χ1v) is 10.2. The molecule has 0 spiro atoms. The molecule has 0 aromatic heterocycles. The lowest BCUT2D eigenvalue weighted by molar-refractivity contribution is -0.115. The second-order valence-corrected chi connectivity index (χ2v) is 6.96. The third kappa shape index (κ3) is 6.18. The van der Waals surface area contributed by atoms with Crippen LogP contribution in [0.1, 0.15) is 28.4 Å². The second kappa shape index (κ2) is 10.8. The smallest absolute Gasteiger partial charge is 0.434 e. The molecule has 0 heterocycles. The summed E-state index contributed by atoms with van der Waals surface area (Å²) in [4.78, 5) is 36.6. The molecule has 0 saturated heterocycles. The van der Waals surface area contributed by atoms with Crippen molar-refractivity contribution >= 4 is 29.3 Å². The van der Waals surface area contributed by atoms with E-state index in [1.807, 2.05) is 31.2 Å². The standard InChI is InChI=1S/C25H24N2O5/c1-3-31-25(30)32-20-14-12-18(13-15-20)24(29)27-22-11-7-6-10-21(22)26-23(28)16-19-9-5-4-8-17(19)2/h4-15H,3,16H2,1-2H3,(H,26,28)(H,27,29). The molecule has 0 aliphatic carbocycles. The minimum absolute atomic E-state index is 0.179. The number of anilines is 2. The zero-order chi connectivity index (χ0) is 22.9. The van der Waals surface area contributed by atoms with Gasteiger partial charge in [-0.1, -0.05) is 36.4 Å². The van der Waals surface area contributed by atoms with Crippen LogP contribution in [-0.4, -0.2) is 24.6 Å². The fourth-order valence-corrected chi connectivity index (χ4v) is 2.99. The average molecular weight is 432 g/mol. The Morgan fingerprint density at radius 3 is 2.09 bits per heavy atom. The number of nitrogens with one attached hydrogen (secondary N) is 2. The van der Waals surface area contributed by atoms with E-state index >= 15 is 0 Å². The van der Waals surface area contributed by atoms with Crippen molar-refractivity contribution in [2.75, 3.05) is 17.2 Å². The van der Waals surface area contributed by atoms with Crippen LogP contribution in [0.15, 0.2) is 72.8 Å². The lowest BCUT2D eigenvalue weighted by Crippen LogP contribution is -2.18. The molecule has 0 atom stereocenters. The molecular formula is C25H24N2O5. The molecule has 0 radical (unpaired) electrons. The Kier molecular flexibility index (Phi) is 7.59. The SMILES string of the molecule is CCOC(=O)Oc1ccc(C(=O)Nc2ccccc2NC(=O)Cc2ccccc2C)cc1. The Bertz CT molecular complexity index is 1110. The van der Waals surface area contributed by atoms with Crippen molar-refractivity contribution in [3.63, 3.8) is 0 Å². The van der Waals surface area contributed by atoms with Gasteiger partial charge in [0.15, 0.2) is 0 Å². The molecule has 3 rings (SSSR count). The van der Waals surface area contributed by atoms with E-state index < -0.39 is 6.16 Å². The van der Waals surface area contributed by atoms with Crippen LogP contribution in [0.2, 0.25) is 0 Å². The van der Waals surface area contributed by atoms with E-state index in [0.29, 0.717) is 16.9 Å². The Labute approximate surface area is 186 Å². The quantitative estimate of drug-likeness (QED) is 0.406. The minimum Gasteiger partial charge on any atom is -0.434 e. The lowest BCUT2D eigenvalue weighted by Gasteiger charge is -2.13. The van der Waals surface area contributed by atoms with E-state index in [1.165, 1.54) is 24.3 Å². The number of para-hydroxylation sites is 2. The van der Waals surface area contributed by atoms with Crippen molar-refractivity contribution < 1.29 is 23.9 Å². The van der Waals surface area contributed by atoms with Gasteiger partial charge >= 0.3 is 6.16 Å². The number of hydrogen-bond donors (Lipinski definition) is 2. The topological polar surface area (TPSA) is 93.7 Å². The number of benzene rings is 3. The van der Waals surface area contributed by atoms with Crippen LogP contribution in [0, 0.1) is 6.92 Å². The third-order valence-electron chi connectivity index (χ3n) is 4.64. The number of carbonyl (C=O) groups excluding carboxylic acids is 3. The molecule has 0 fully saturated rings. The fraction of sp³-hybridized carbons (Fsp3) is 0.160. The average Bonchev–Trinajstić information content (AvgIpc) is 2.77. The van der Waals surface area contributed by atoms with Crippen molar-refractivity contribution in [1.29, 1.82) is 0 Å². The molecule has 7 nitrogen and oxygen atoms in total. The number of ether oxygens (including phenoxy) is 2. The molecule has 2 amide bonds. The van der Waals surface area contributed by atoms with Crippen molar-refractivity contribution in [1.82, 2.24) is 0 Å². The first kappa shape index (κ1) is 22.6. The summed E-state index contributed by atoms with van der Waals surface area (Å²) < 4.78 is 9.70. The van der Waals surface area contributed by atoms with Gasteiger partial charge in [0, 0.05) is 5.56 Å². The zero-order valence-electron chi connectivity index (χ0n) is 17.9. The van der Waals surface area contributed by atoms with Crippen molar-refractivity contribution in [3.05, 3.63) is 89.5 Å². The van der Waals surface area contributed by atoms with Gasteiger partial charge in [0.25, 0.3) is 5.91 Å². The zero-order valence-corrected chi connectivity index (χ0v) is 17.9. The summed E-state index contributed by atoms with van der Waals surface area (Å²) in [6.07, 6.45) is -0.572. The minimum atomic E-state index is -0.805. The summed E-state index contributed by atoms with van der Waals surface area (Å²) in [5.41, 5.74) is 3.32. The van der Waals surface area contributed by atoms with E-state index in [1.54, 1.807) is 31.2 Å². The predicted octanol–water partition coefficient (Wildman–Crippen LogP) is 4.96. The van der Waals surface area contributed by atoms with Gasteiger partial charge in [0.2, 0.25) is 5.91 Å². The monoisotopic (exact) mass is 432 g/mol. The third-order valence-corrected chi connectivity index (χ3v) is 4.64. The van der Waals surface area contributed by atoms with E-state index in [2.05, 4.69) is 10.6 Å². The summed E-state index contributed by atoms with van der Waals surface area (Å²) in [6, 6.07) is 20.7. The summed E-state index contributed by atoms with van der Waals surface area (Å²) in [6.45, 7) is 3.84. The highest BCUT2D eigenvalue weighted by Gasteiger charge is 2.13. The Balaban J connectivity index is 1.65. The predicted molar refractivity (Wildman–Crippen MR) is 122 cm³/mol. The molecular weight excluding hydrogens is 408 g/mol. The maximum atomic E-state index is 12.7. The maximum absolute atomic E-state index is 12.7. The summed E-state index contributed by atoms with van der Waals surface area (Å²) in [5.74, 6) is -0.279. The highest BCUT2D eigenvalue weighted by atomic mass is 16.7. The molecule has 164 valence electrons. The van der Waals surface area contributed by atoms with E-state index in [-0.39, 0.29) is 30.6 Å². The van der Waals surface area contributed by atoms with Crippen LogP contribution in [-0.2, 0) is 16.0 Å². The molecule has 32 heavy (non-hydrogen) atoms. The second-order valence-electron chi connectivity index (χ2n) is 6.96. The molecule has 0 unspecified atom stereocenters. The summed E-state index contributed by atoms with van der Waals surface area (Å²) in [7, 11) is 0. The van der Waals surface area contributed by atoms with E-state index in [0.717, 1.165) is 11.1 Å². The normalized spacial score (nSPS) is 10.2. The fourth-order valence-electron chi connectivity index (χ4n) is 2.99. The van der Waals surface area contributed by atoms with Crippen molar-refractivity contribution in [2.24, 2.45) is 0 Å². The number of carbonyl (C=O) groups is 3. The molecule has 3 aromatic rings. The molecule has 2 N–H and O–H groups in total. The van der Waals surface area contributed by atoms with Gasteiger partial charge in [-0.25, -0.2) is 4.79 Å². The molecule has 0 aliphatic rings. The Hall–Kier alpha value is -4.13. The van der Waals surface area contributed by atoms with Gasteiger partial charge in [0.1, 0.15) is 5.75 Å². The van der Waals surface area contributed by atoms with Gasteiger partial charge < -0.3 is 20.1 Å². The van der Waals surface area contributed by atoms with Gasteiger partial charge in [-0.15, -0.1) is 0 Å². The summed E-state index contributed by atoms with van der Waals surface area (Å²) >= 11 is 0. The van der Waals surface area contributed by atoms with Crippen molar-refractivity contribution in [3.8, 4) is 5.75 Å². The molecule has 7 heteroatoms. The first-order chi connectivity index (χ1) is 15.5. The van der Waals surface area contributed by atoms with Crippen LogP contribution in [0.25, 0.3) is 0 Å². The van der Waals surface area contributed by atoms with Crippen LogP contribution in [0.4, 0.5) is 16.2 Å². The molecule has 0 aliphatic heterocycles. The first-order valence-electron chi connectivity index (χ1n) is 10.2. The van der Waals surface area contributed by atoms with Crippen molar-refractivity contribution in [2.45, 2.75) is 20.3 Å². The van der Waals surface area contributed by atoms with E-state index in [4.69, 9.17) is 9.47 Å². The number of aryl methyl sites for hydroxylation is 1. The largest absolute Gasteiger partial charge is 0.513 e. The van der Waals surface area contributed by atoms with Gasteiger partial charge in [-0.05, 0) is 61.4 Å². The van der Waals surface area contributed by atoms with Gasteiger partial charge in [0.05, 0.1) is 24.4 Å². The van der Waals surface area contributed by atoms with Crippen LogP contribution < -0.4 is 15.4 Å². The highest BCUT2D eigenvalue weighted by Crippen LogP contribution is 2.23. The lowest BCUT2D eigenvalue weighted by atomic mass is 10.1. The Morgan fingerprint density at radius 1 is 0.812 bits per heavy atom. The van der Waals surface area contributed by atoms with Crippen LogP contribution in [0.3, 0.4) is 0 Å². The number of rotatable bonds is 7. The molecule has 0 bridgehead atoms. The Morgan fingerprint density at radius 2 is 1.44 bits per heavy atom. The number of amides is 2. The maximum Gasteiger partial charge on any atom is 0.513 e. The van der Waals surface area contributed by atoms with Crippen LogP contribution in [0.5, 0.6) is 5.75 Å². The van der Waals surface area contributed by atoms with Gasteiger partial charge in [-0.2, -0.15) is 0 Å². The summed E-state index contributed by atoms with van der Waals surface area (Å²) in [5, 5.41) is 5.66. The molecule has 3 aromatic carbocycles. The number of hydrogen-bond acceptors (Lipinski definition) is 5. The van der Waals surface area contributed by atoms with Gasteiger partial charge in [-0.3, -0.25) is 9.59 Å². The van der Waals surface area contributed by atoms with E-state index in [9.17, 15) is 14.4 Å². The van der Waals surface area contributed by atoms with Crippen LogP contribution >= 0.6 is 0 Å². The highest BCUT2D eigenvalue weighted by molar-refractivity contribution is 6.07. The molecule has 0 saturated carbocycles.